The van der Waals surface area contributed by atoms with E-state index in [4.69, 9.17) is 16.3 Å². The number of aromatic nitrogens is 2. The molecule has 1 aromatic carbocycles. The molecular formula is C12H13ClN2O2. The molecule has 2 aromatic rings. The lowest BCUT2D eigenvalue weighted by molar-refractivity contribution is 0.168. The molecule has 0 fully saturated rings. The second-order valence-corrected chi connectivity index (χ2v) is 4.24. The van der Waals surface area contributed by atoms with Crippen molar-refractivity contribution in [1.82, 2.24) is 9.78 Å². The predicted molar refractivity (Wildman–Crippen MR) is 65.4 cm³/mol. The van der Waals surface area contributed by atoms with Crippen molar-refractivity contribution >= 4 is 11.6 Å². The van der Waals surface area contributed by atoms with Gasteiger partial charge in [-0.2, -0.15) is 5.10 Å². The Hall–Kier alpha value is -1.52. The average Bonchev–Trinajstić information content (AvgIpc) is 2.64. The monoisotopic (exact) mass is 252 g/mol. The van der Waals surface area contributed by atoms with Gasteiger partial charge in [-0.1, -0.05) is 17.7 Å². The molecule has 2 rings (SSSR count). The van der Waals surface area contributed by atoms with Crippen molar-refractivity contribution in [1.29, 1.82) is 0 Å². The van der Waals surface area contributed by atoms with E-state index in [0.29, 0.717) is 23.1 Å². The summed E-state index contributed by atoms with van der Waals surface area (Å²) in [6.07, 6.45) is 2.89. The van der Waals surface area contributed by atoms with Crippen LogP contribution >= 0.6 is 11.6 Å². The molecule has 0 saturated heterocycles. The zero-order valence-corrected chi connectivity index (χ0v) is 10.1. The van der Waals surface area contributed by atoms with E-state index in [-0.39, 0.29) is 0 Å². The topological polar surface area (TPSA) is 47.3 Å². The number of hydrogen-bond acceptors (Lipinski definition) is 3. The third-order valence-electron chi connectivity index (χ3n) is 2.09. The average molecular weight is 253 g/mol. The highest BCUT2D eigenvalue weighted by Crippen LogP contribution is 2.23. The van der Waals surface area contributed by atoms with Crippen LogP contribution in [-0.2, 0) is 6.54 Å². The van der Waals surface area contributed by atoms with Crippen molar-refractivity contribution in [3.8, 4) is 11.5 Å². The Kier molecular flexibility index (Phi) is 3.66. The summed E-state index contributed by atoms with van der Waals surface area (Å²) in [7, 11) is 0. The van der Waals surface area contributed by atoms with Gasteiger partial charge in [-0.05, 0) is 25.1 Å². The fourth-order valence-electron chi connectivity index (χ4n) is 1.43. The van der Waals surface area contributed by atoms with Gasteiger partial charge in [0.1, 0.15) is 5.75 Å². The molecule has 1 aromatic heterocycles. The standard InChI is InChI=1S/C12H13ClN2O2/c1-9(16)7-15-8-12(6-14-15)17-11-4-2-3-10(13)5-11/h2-6,8-9,16H,7H2,1H3. The van der Waals surface area contributed by atoms with Crippen LogP contribution in [0, 0.1) is 0 Å². The first-order chi connectivity index (χ1) is 8.13. The summed E-state index contributed by atoms with van der Waals surface area (Å²) in [5.41, 5.74) is 0. The minimum Gasteiger partial charge on any atom is -0.454 e. The van der Waals surface area contributed by atoms with Crippen molar-refractivity contribution in [2.24, 2.45) is 0 Å². The van der Waals surface area contributed by atoms with E-state index in [1.165, 1.54) is 0 Å². The van der Waals surface area contributed by atoms with Crippen LogP contribution in [0.15, 0.2) is 36.7 Å². The second-order valence-electron chi connectivity index (χ2n) is 3.81. The Morgan fingerprint density at radius 1 is 1.47 bits per heavy atom. The molecule has 0 aliphatic heterocycles. The molecule has 90 valence electrons. The number of nitrogens with zero attached hydrogens (tertiary/aromatic N) is 2. The molecule has 4 nitrogen and oxygen atoms in total. The zero-order valence-electron chi connectivity index (χ0n) is 9.38. The van der Waals surface area contributed by atoms with Crippen molar-refractivity contribution in [2.75, 3.05) is 0 Å². The van der Waals surface area contributed by atoms with Crippen LogP contribution in [0.2, 0.25) is 5.02 Å². The van der Waals surface area contributed by atoms with Gasteiger partial charge < -0.3 is 9.84 Å². The van der Waals surface area contributed by atoms with Gasteiger partial charge in [-0.3, -0.25) is 4.68 Å². The molecule has 1 N–H and O–H groups in total. The molecule has 1 heterocycles. The molecule has 17 heavy (non-hydrogen) atoms. The third-order valence-corrected chi connectivity index (χ3v) is 2.33. The molecule has 1 unspecified atom stereocenters. The van der Waals surface area contributed by atoms with Gasteiger partial charge >= 0.3 is 0 Å². The number of halogens is 1. The number of hydrogen-bond donors (Lipinski definition) is 1. The number of ether oxygens (including phenoxy) is 1. The van der Waals surface area contributed by atoms with Crippen LogP contribution in [0.5, 0.6) is 11.5 Å². The first kappa shape index (κ1) is 12.0. The normalized spacial score (nSPS) is 12.4. The van der Waals surface area contributed by atoms with E-state index in [2.05, 4.69) is 5.10 Å². The highest BCUT2D eigenvalue weighted by atomic mass is 35.5. The van der Waals surface area contributed by atoms with E-state index < -0.39 is 6.10 Å². The van der Waals surface area contributed by atoms with E-state index in [0.717, 1.165) is 0 Å². The van der Waals surface area contributed by atoms with E-state index >= 15 is 0 Å². The maximum Gasteiger partial charge on any atom is 0.165 e. The molecule has 0 aliphatic rings. The maximum absolute atomic E-state index is 9.22. The molecule has 0 aliphatic carbocycles. The predicted octanol–water partition coefficient (Wildman–Crippen LogP) is 2.71. The first-order valence-corrected chi connectivity index (χ1v) is 5.65. The highest BCUT2D eigenvalue weighted by molar-refractivity contribution is 6.30. The van der Waals surface area contributed by atoms with Gasteiger partial charge in [0.05, 0.1) is 25.0 Å². The summed E-state index contributed by atoms with van der Waals surface area (Å²) in [6.45, 7) is 2.15. The van der Waals surface area contributed by atoms with Crippen LogP contribution < -0.4 is 4.74 Å². The van der Waals surface area contributed by atoms with Gasteiger partial charge in [0.25, 0.3) is 0 Å². The highest BCUT2D eigenvalue weighted by Gasteiger charge is 2.03. The minimum atomic E-state index is -0.436. The largest absolute Gasteiger partial charge is 0.454 e. The Balaban J connectivity index is 2.06. The van der Waals surface area contributed by atoms with E-state index in [1.807, 2.05) is 12.1 Å². The Morgan fingerprint density at radius 3 is 3.00 bits per heavy atom. The van der Waals surface area contributed by atoms with Crippen LogP contribution in [0.4, 0.5) is 0 Å². The van der Waals surface area contributed by atoms with Crippen molar-refractivity contribution < 1.29 is 9.84 Å². The number of rotatable bonds is 4. The van der Waals surface area contributed by atoms with Crippen LogP contribution in [-0.4, -0.2) is 21.0 Å². The summed E-state index contributed by atoms with van der Waals surface area (Å²) in [6, 6.07) is 7.15. The van der Waals surface area contributed by atoms with E-state index in [9.17, 15) is 5.11 Å². The maximum atomic E-state index is 9.22. The van der Waals surface area contributed by atoms with Crippen molar-refractivity contribution in [3.63, 3.8) is 0 Å². The fourth-order valence-corrected chi connectivity index (χ4v) is 1.61. The van der Waals surface area contributed by atoms with E-state index in [1.54, 1.807) is 36.1 Å². The van der Waals surface area contributed by atoms with Gasteiger partial charge in [0.2, 0.25) is 0 Å². The second kappa shape index (κ2) is 5.21. The minimum absolute atomic E-state index is 0.436. The third kappa shape index (κ3) is 3.47. The molecule has 0 spiro atoms. The lowest BCUT2D eigenvalue weighted by atomic mass is 10.3. The number of benzene rings is 1. The summed E-state index contributed by atoms with van der Waals surface area (Å²) in [4.78, 5) is 0. The first-order valence-electron chi connectivity index (χ1n) is 5.27. The Morgan fingerprint density at radius 2 is 2.29 bits per heavy atom. The number of aliphatic hydroxyl groups excluding tert-OH is 1. The smallest absolute Gasteiger partial charge is 0.165 e. The molecule has 1 atom stereocenters. The molecule has 0 amide bonds. The van der Waals surface area contributed by atoms with Gasteiger partial charge in [0, 0.05) is 5.02 Å². The molecule has 5 heteroatoms. The van der Waals surface area contributed by atoms with Crippen LogP contribution in [0.25, 0.3) is 0 Å². The zero-order chi connectivity index (χ0) is 12.3. The molecule has 0 radical (unpaired) electrons. The lowest BCUT2D eigenvalue weighted by Gasteiger charge is -2.04. The fraction of sp³-hybridized carbons (Fsp3) is 0.250. The summed E-state index contributed by atoms with van der Waals surface area (Å²) < 4.78 is 7.20. The van der Waals surface area contributed by atoms with Crippen LogP contribution in [0.1, 0.15) is 6.92 Å². The quantitative estimate of drug-likeness (QED) is 0.910. The molecule has 0 saturated carbocycles. The van der Waals surface area contributed by atoms with Gasteiger partial charge in [0.15, 0.2) is 5.75 Å². The van der Waals surface area contributed by atoms with Crippen molar-refractivity contribution in [3.05, 3.63) is 41.7 Å². The summed E-state index contributed by atoms with van der Waals surface area (Å²) in [5.74, 6) is 1.28. The van der Waals surface area contributed by atoms with Crippen molar-refractivity contribution in [2.45, 2.75) is 19.6 Å². The van der Waals surface area contributed by atoms with Gasteiger partial charge in [-0.25, -0.2) is 0 Å². The number of aliphatic hydroxyl groups is 1. The van der Waals surface area contributed by atoms with Crippen LogP contribution in [0.3, 0.4) is 0 Å². The molecule has 0 bridgehead atoms. The summed E-state index contributed by atoms with van der Waals surface area (Å²) in [5, 5.41) is 13.9. The Bertz CT molecular complexity index is 497. The Labute approximate surface area is 104 Å². The lowest BCUT2D eigenvalue weighted by Crippen LogP contribution is -2.11. The van der Waals surface area contributed by atoms with Gasteiger partial charge in [-0.15, -0.1) is 0 Å². The molecular weight excluding hydrogens is 240 g/mol. The SMILES string of the molecule is CC(O)Cn1cc(Oc2cccc(Cl)c2)cn1. The summed E-state index contributed by atoms with van der Waals surface area (Å²) >= 11 is 5.85.